The number of Topliss-reactive ketones (excluding diaryl/α,β-unsaturated/α-hetero) is 1. The van der Waals surface area contributed by atoms with Crippen molar-refractivity contribution < 1.29 is 19.5 Å². The molecule has 1 aliphatic rings. The van der Waals surface area contributed by atoms with Crippen molar-refractivity contribution in [2.75, 3.05) is 0 Å². The fourth-order valence-corrected chi connectivity index (χ4v) is 4.18. The summed E-state index contributed by atoms with van der Waals surface area (Å²) in [4.78, 5) is 38.0. The molecule has 2 rings (SSSR count). The first-order chi connectivity index (χ1) is 15.0. The van der Waals surface area contributed by atoms with Gasteiger partial charge in [-0.3, -0.25) is 14.4 Å². The standard InChI is InChI=1S/C26H40N2O4/c1-15(2)12-13-20(29)27-19(14-16(3)4)26(32)28-23(17(5)6)25(31)22-21(24(22)30)18-10-8-7-9-11-18/h7-11,15-17,19,21-23,25,31H,12-14H2,1-6H3,(H,27,29)(H,28,32)/t19-,21?,22?,23-,25-/m0/s1. The van der Waals surface area contributed by atoms with E-state index in [1.54, 1.807) is 0 Å². The first kappa shape index (κ1) is 26.0. The largest absolute Gasteiger partial charge is 0.390 e. The smallest absolute Gasteiger partial charge is 0.242 e. The number of carbonyl (C=O) groups is 3. The van der Waals surface area contributed by atoms with Crippen molar-refractivity contribution in [1.82, 2.24) is 10.6 Å². The molecule has 0 bridgehead atoms. The fourth-order valence-electron chi connectivity index (χ4n) is 4.18. The van der Waals surface area contributed by atoms with Gasteiger partial charge in [0.05, 0.1) is 24.0 Å². The molecule has 1 fully saturated rings. The van der Waals surface area contributed by atoms with Crippen molar-refractivity contribution in [2.45, 2.75) is 84.9 Å². The number of aliphatic hydroxyl groups is 1. The predicted molar refractivity (Wildman–Crippen MR) is 126 cm³/mol. The summed E-state index contributed by atoms with van der Waals surface area (Å²) in [6.07, 6.45) is 0.674. The van der Waals surface area contributed by atoms with E-state index in [-0.39, 0.29) is 35.4 Å². The second-order valence-corrected chi connectivity index (χ2v) is 10.3. The highest BCUT2D eigenvalue weighted by Gasteiger charge is 2.56. The van der Waals surface area contributed by atoms with Crippen LogP contribution < -0.4 is 10.6 Å². The maximum atomic E-state index is 13.1. The van der Waals surface area contributed by atoms with E-state index in [4.69, 9.17) is 0 Å². The van der Waals surface area contributed by atoms with Gasteiger partial charge in [-0.1, -0.05) is 71.9 Å². The molecule has 2 unspecified atom stereocenters. The molecule has 0 aliphatic heterocycles. The minimum Gasteiger partial charge on any atom is -0.390 e. The molecule has 1 saturated carbocycles. The minimum atomic E-state index is -0.979. The second-order valence-electron chi connectivity index (χ2n) is 10.3. The molecule has 5 atom stereocenters. The van der Waals surface area contributed by atoms with Crippen LogP contribution in [0.25, 0.3) is 0 Å². The zero-order chi connectivity index (χ0) is 24.0. The van der Waals surface area contributed by atoms with E-state index in [9.17, 15) is 19.5 Å². The highest BCUT2D eigenvalue weighted by Crippen LogP contribution is 2.46. The lowest BCUT2D eigenvalue weighted by atomic mass is 9.92. The van der Waals surface area contributed by atoms with Crippen LogP contribution in [-0.2, 0) is 14.4 Å². The van der Waals surface area contributed by atoms with Crippen LogP contribution in [0.2, 0.25) is 0 Å². The van der Waals surface area contributed by atoms with Crippen LogP contribution in [0.4, 0.5) is 0 Å². The highest BCUT2D eigenvalue weighted by molar-refractivity contribution is 6.05. The number of aliphatic hydroxyl groups excluding tert-OH is 1. The molecule has 0 saturated heterocycles. The highest BCUT2D eigenvalue weighted by atomic mass is 16.3. The Morgan fingerprint density at radius 2 is 1.59 bits per heavy atom. The Bertz CT molecular complexity index is 775. The monoisotopic (exact) mass is 444 g/mol. The maximum absolute atomic E-state index is 13.1. The molecule has 6 nitrogen and oxygen atoms in total. The van der Waals surface area contributed by atoms with Crippen LogP contribution in [0, 0.1) is 23.7 Å². The van der Waals surface area contributed by atoms with Crippen molar-refractivity contribution in [1.29, 1.82) is 0 Å². The van der Waals surface area contributed by atoms with Crippen LogP contribution in [0.15, 0.2) is 30.3 Å². The van der Waals surface area contributed by atoms with Gasteiger partial charge < -0.3 is 15.7 Å². The van der Waals surface area contributed by atoms with Crippen molar-refractivity contribution in [3.63, 3.8) is 0 Å². The van der Waals surface area contributed by atoms with Gasteiger partial charge in [0.1, 0.15) is 11.8 Å². The first-order valence-electron chi connectivity index (χ1n) is 11.9. The number of carbonyl (C=O) groups excluding carboxylic acids is 3. The Morgan fingerprint density at radius 1 is 0.969 bits per heavy atom. The average molecular weight is 445 g/mol. The molecule has 0 radical (unpaired) electrons. The lowest BCUT2D eigenvalue weighted by Gasteiger charge is -2.30. The normalized spacial score (nSPS) is 20.9. The Kier molecular flexibility index (Phi) is 9.44. The van der Waals surface area contributed by atoms with Gasteiger partial charge in [-0.2, -0.15) is 0 Å². The number of hydrogen-bond donors (Lipinski definition) is 3. The third kappa shape index (κ3) is 7.16. The van der Waals surface area contributed by atoms with Gasteiger partial charge in [-0.15, -0.1) is 0 Å². The summed E-state index contributed by atoms with van der Waals surface area (Å²) in [7, 11) is 0. The Balaban J connectivity index is 2.07. The Morgan fingerprint density at radius 3 is 2.12 bits per heavy atom. The van der Waals surface area contributed by atoms with E-state index in [1.165, 1.54) is 0 Å². The van der Waals surface area contributed by atoms with Crippen LogP contribution in [0.5, 0.6) is 0 Å². The van der Waals surface area contributed by atoms with Crippen molar-refractivity contribution >= 4 is 17.6 Å². The summed E-state index contributed by atoms with van der Waals surface area (Å²) in [5.74, 6) is -0.736. The molecule has 1 aliphatic carbocycles. The van der Waals surface area contributed by atoms with Crippen molar-refractivity contribution in [3.05, 3.63) is 35.9 Å². The number of hydrogen-bond acceptors (Lipinski definition) is 4. The van der Waals surface area contributed by atoms with E-state index >= 15 is 0 Å². The summed E-state index contributed by atoms with van der Waals surface area (Å²) in [5.41, 5.74) is 0.894. The molecule has 178 valence electrons. The van der Waals surface area contributed by atoms with Crippen LogP contribution in [0.3, 0.4) is 0 Å². The molecule has 0 aromatic heterocycles. The van der Waals surface area contributed by atoms with Crippen molar-refractivity contribution in [3.8, 4) is 0 Å². The molecule has 0 spiro atoms. The molecule has 32 heavy (non-hydrogen) atoms. The lowest BCUT2D eigenvalue weighted by molar-refractivity contribution is -0.131. The fraction of sp³-hybridized carbons (Fsp3) is 0.654. The van der Waals surface area contributed by atoms with Crippen LogP contribution in [0.1, 0.15) is 72.3 Å². The second kappa shape index (κ2) is 11.6. The van der Waals surface area contributed by atoms with Gasteiger partial charge in [-0.05, 0) is 36.2 Å². The Hall–Kier alpha value is -2.21. The summed E-state index contributed by atoms with van der Waals surface area (Å²) in [5, 5.41) is 16.9. The van der Waals surface area contributed by atoms with E-state index in [0.717, 1.165) is 12.0 Å². The third-order valence-corrected chi connectivity index (χ3v) is 6.11. The number of amides is 2. The quantitative estimate of drug-likeness (QED) is 0.460. The summed E-state index contributed by atoms with van der Waals surface area (Å²) < 4.78 is 0. The van der Waals surface area contributed by atoms with Crippen LogP contribution >= 0.6 is 0 Å². The van der Waals surface area contributed by atoms with Gasteiger partial charge in [0.25, 0.3) is 0 Å². The van der Waals surface area contributed by atoms with E-state index in [2.05, 4.69) is 24.5 Å². The van der Waals surface area contributed by atoms with E-state index in [0.29, 0.717) is 18.8 Å². The summed E-state index contributed by atoms with van der Waals surface area (Å²) in [6, 6.07) is 8.20. The molecule has 3 N–H and O–H groups in total. The molecular weight excluding hydrogens is 404 g/mol. The van der Waals surface area contributed by atoms with Gasteiger partial charge in [0, 0.05) is 6.42 Å². The molecule has 1 aromatic carbocycles. The van der Waals surface area contributed by atoms with Gasteiger partial charge in [0.15, 0.2) is 0 Å². The lowest BCUT2D eigenvalue weighted by Crippen LogP contribution is -2.55. The number of ketones is 1. The van der Waals surface area contributed by atoms with Crippen molar-refractivity contribution in [2.24, 2.45) is 23.7 Å². The van der Waals surface area contributed by atoms with Crippen LogP contribution in [-0.4, -0.2) is 40.9 Å². The number of nitrogens with one attached hydrogen (secondary N) is 2. The predicted octanol–water partition coefficient (Wildman–Crippen LogP) is 3.44. The van der Waals surface area contributed by atoms with E-state index < -0.39 is 24.1 Å². The number of benzene rings is 1. The van der Waals surface area contributed by atoms with Gasteiger partial charge in [0.2, 0.25) is 11.8 Å². The third-order valence-electron chi connectivity index (χ3n) is 6.11. The molecule has 2 amide bonds. The molecule has 6 heteroatoms. The Labute approximate surface area is 192 Å². The summed E-state index contributed by atoms with van der Waals surface area (Å²) >= 11 is 0. The SMILES string of the molecule is CC(C)CCC(=O)N[C@@H](CC(C)C)C(=O)N[C@@H](C(C)C)[C@@H](O)C1C(=O)C1c1ccccc1. The maximum Gasteiger partial charge on any atom is 0.242 e. The topological polar surface area (TPSA) is 95.5 Å². The molecule has 0 heterocycles. The number of rotatable bonds is 12. The van der Waals surface area contributed by atoms with Gasteiger partial charge >= 0.3 is 0 Å². The zero-order valence-electron chi connectivity index (χ0n) is 20.3. The zero-order valence-corrected chi connectivity index (χ0v) is 20.3. The van der Waals surface area contributed by atoms with Gasteiger partial charge in [-0.25, -0.2) is 0 Å². The summed E-state index contributed by atoms with van der Waals surface area (Å²) in [6.45, 7) is 11.9. The first-order valence-corrected chi connectivity index (χ1v) is 11.9. The molecular formula is C26H40N2O4. The average Bonchev–Trinajstić information content (AvgIpc) is 3.40. The minimum absolute atomic E-state index is 0.00400. The molecule has 1 aromatic rings. The van der Waals surface area contributed by atoms with E-state index in [1.807, 2.05) is 58.0 Å².